The zero-order valence-electron chi connectivity index (χ0n) is 8.79. The van der Waals surface area contributed by atoms with Gasteiger partial charge in [-0.15, -0.1) is 0 Å². The van der Waals surface area contributed by atoms with E-state index in [0.717, 1.165) is 5.57 Å². The fourth-order valence-electron chi connectivity index (χ4n) is 1.11. The summed E-state index contributed by atoms with van der Waals surface area (Å²) in [5.41, 5.74) is 1.30. The lowest BCUT2D eigenvalue weighted by molar-refractivity contribution is -0.139. The zero-order chi connectivity index (χ0) is 11.3. The molecule has 0 aliphatic heterocycles. The Morgan fingerprint density at radius 3 is 2.67 bits per heavy atom. The van der Waals surface area contributed by atoms with Crippen molar-refractivity contribution in [3.05, 3.63) is 41.2 Å². The van der Waals surface area contributed by atoms with E-state index in [0.29, 0.717) is 5.56 Å². The number of carbonyl (C=O) groups excluding carboxylic acids is 1. The van der Waals surface area contributed by atoms with E-state index in [1.165, 1.54) is 13.0 Å². The molecule has 1 aromatic carbocycles. The van der Waals surface area contributed by atoms with E-state index in [-0.39, 0.29) is 18.4 Å². The second-order valence-electron chi connectivity index (χ2n) is 3.29. The van der Waals surface area contributed by atoms with Gasteiger partial charge in [-0.25, -0.2) is 4.39 Å². The maximum atomic E-state index is 13.2. The third-order valence-electron chi connectivity index (χ3n) is 1.81. The smallest absolute Gasteiger partial charge is 0.302 e. The first-order valence-corrected chi connectivity index (χ1v) is 4.64. The van der Waals surface area contributed by atoms with Gasteiger partial charge in [-0.1, -0.05) is 18.2 Å². The van der Waals surface area contributed by atoms with Crippen LogP contribution in [0.3, 0.4) is 0 Å². The van der Waals surface area contributed by atoms with Crippen LogP contribution in [0, 0.1) is 5.82 Å². The predicted molar refractivity (Wildman–Crippen MR) is 56.7 cm³/mol. The van der Waals surface area contributed by atoms with Crippen molar-refractivity contribution in [3.63, 3.8) is 0 Å². The quantitative estimate of drug-likeness (QED) is 0.714. The Hall–Kier alpha value is -1.64. The SMILES string of the molecule is CC(=O)OCC(C)=Cc1ccccc1F. The topological polar surface area (TPSA) is 26.3 Å². The number of carbonyl (C=O) groups is 1. The third-order valence-corrected chi connectivity index (χ3v) is 1.81. The summed E-state index contributed by atoms with van der Waals surface area (Å²) in [7, 11) is 0. The minimum atomic E-state index is -0.337. The van der Waals surface area contributed by atoms with E-state index in [1.54, 1.807) is 31.2 Å². The zero-order valence-corrected chi connectivity index (χ0v) is 8.79. The van der Waals surface area contributed by atoms with E-state index in [2.05, 4.69) is 0 Å². The Labute approximate surface area is 88.4 Å². The molecule has 0 saturated carbocycles. The number of hydrogen-bond donors (Lipinski definition) is 0. The van der Waals surface area contributed by atoms with Crippen molar-refractivity contribution in [3.8, 4) is 0 Å². The largest absolute Gasteiger partial charge is 0.461 e. The molecule has 0 bridgehead atoms. The molecule has 0 unspecified atom stereocenters. The molecule has 1 aromatic rings. The lowest BCUT2D eigenvalue weighted by Gasteiger charge is -2.02. The van der Waals surface area contributed by atoms with E-state index >= 15 is 0 Å². The molecule has 0 N–H and O–H groups in total. The Kier molecular flexibility index (Phi) is 4.03. The lowest BCUT2D eigenvalue weighted by Crippen LogP contribution is -2.01. The Morgan fingerprint density at radius 1 is 1.40 bits per heavy atom. The third kappa shape index (κ3) is 3.94. The second-order valence-corrected chi connectivity index (χ2v) is 3.29. The minimum absolute atomic E-state index is 0.198. The van der Waals surface area contributed by atoms with Gasteiger partial charge in [-0.05, 0) is 24.6 Å². The van der Waals surface area contributed by atoms with Crippen LogP contribution in [0.4, 0.5) is 4.39 Å². The molecule has 0 aliphatic carbocycles. The van der Waals surface area contributed by atoms with Gasteiger partial charge in [-0.3, -0.25) is 4.79 Å². The summed E-state index contributed by atoms with van der Waals surface area (Å²) in [4.78, 5) is 10.5. The molecule has 1 rings (SSSR count). The number of halogens is 1. The van der Waals surface area contributed by atoms with Gasteiger partial charge in [0.1, 0.15) is 12.4 Å². The molecule has 0 aromatic heterocycles. The van der Waals surface area contributed by atoms with Crippen LogP contribution in [0.15, 0.2) is 29.8 Å². The number of ether oxygens (including phenoxy) is 1. The molecule has 0 radical (unpaired) electrons. The number of esters is 1. The predicted octanol–water partition coefficient (Wildman–Crippen LogP) is 2.79. The first-order chi connectivity index (χ1) is 7.09. The minimum Gasteiger partial charge on any atom is -0.461 e. The first-order valence-electron chi connectivity index (χ1n) is 4.64. The molecule has 0 aliphatic rings. The maximum absolute atomic E-state index is 13.2. The average Bonchev–Trinajstić information content (AvgIpc) is 2.18. The van der Waals surface area contributed by atoms with Crippen molar-refractivity contribution in [1.29, 1.82) is 0 Å². The summed E-state index contributed by atoms with van der Waals surface area (Å²) in [6, 6.07) is 6.46. The van der Waals surface area contributed by atoms with E-state index in [1.807, 2.05) is 0 Å². The fraction of sp³-hybridized carbons (Fsp3) is 0.250. The summed E-state index contributed by atoms with van der Waals surface area (Å²) in [6.45, 7) is 3.33. The Balaban J connectivity index is 2.70. The van der Waals surface area contributed by atoms with Crippen molar-refractivity contribution in [2.24, 2.45) is 0 Å². The molecule has 2 nitrogen and oxygen atoms in total. The Bertz CT molecular complexity index is 383. The summed E-state index contributed by atoms with van der Waals surface area (Å²) in [6.07, 6.45) is 1.66. The summed E-state index contributed by atoms with van der Waals surface area (Å²) < 4.78 is 18.0. The highest BCUT2D eigenvalue weighted by atomic mass is 19.1. The number of hydrogen-bond acceptors (Lipinski definition) is 2. The standard InChI is InChI=1S/C12H13FO2/c1-9(8-15-10(2)14)7-11-5-3-4-6-12(11)13/h3-7H,8H2,1-2H3. The average molecular weight is 208 g/mol. The molecule has 0 amide bonds. The molecule has 15 heavy (non-hydrogen) atoms. The van der Waals surface area contributed by atoms with Crippen molar-refractivity contribution in [2.45, 2.75) is 13.8 Å². The van der Waals surface area contributed by atoms with E-state index in [4.69, 9.17) is 4.74 Å². The van der Waals surface area contributed by atoms with Gasteiger partial charge >= 0.3 is 5.97 Å². The molecule has 0 atom stereocenters. The van der Waals surface area contributed by atoms with Crippen LogP contribution in [-0.4, -0.2) is 12.6 Å². The van der Waals surface area contributed by atoms with Gasteiger partial charge in [0, 0.05) is 12.5 Å². The van der Waals surface area contributed by atoms with Crippen molar-refractivity contribution < 1.29 is 13.9 Å². The van der Waals surface area contributed by atoms with Crippen molar-refractivity contribution >= 4 is 12.0 Å². The molecule has 3 heteroatoms. The molecular weight excluding hydrogens is 195 g/mol. The van der Waals surface area contributed by atoms with Crippen molar-refractivity contribution in [2.75, 3.05) is 6.61 Å². The monoisotopic (exact) mass is 208 g/mol. The molecular formula is C12H13FO2. The molecule has 0 saturated heterocycles. The molecule has 80 valence electrons. The lowest BCUT2D eigenvalue weighted by atomic mass is 10.1. The van der Waals surface area contributed by atoms with Gasteiger partial charge in [0.25, 0.3) is 0 Å². The highest BCUT2D eigenvalue weighted by Gasteiger charge is 1.99. The number of benzene rings is 1. The van der Waals surface area contributed by atoms with Crippen LogP contribution in [0.5, 0.6) is 0 Å². The summed E-state index contributed by atoms with van der Waals surface area (Å²) in [5.74, 6) is -0.615. The van der Waals surface area contributed by atoms with Gasteiger partial charge in [0.05, 0.1) is 0 Å². The highest BCUT2D eigenvalue weighted by Crippen LogP contribution is 2.11. The Morgan fingerprint density at radius 2 is 2.07 bits per heavy atom. The highest BCUT2D eigenvalue weighted by molar-refractivity contribution is 5.66. The normalized spacial score (nSPS) is 11.3. The van der Waals surface area contributed by atoms with Crippen LogP contribution in [0.1, 0.15) is 19.4 Å². The summed E-state index contributed by atoms with van der Waals surface area (Å²) >= 11 is 0. The van der Waals surface area contributed by atoms with Crippen LogP contribution >= 0.6 is 0 Å². The van der Waals surface area contributed by atoms with E-state index in [9.17, 15) is 9.18 Å². The van der Waals surface area contributed by atoms with Gasteiger partial charge in [0.15, 0.2) is 0 Å². The van der Waals surface area contributed by atoms with Crippen LogP contribution in [-0.2, 0) is 9.53 Å². The maximum Gasteiger partial charge on any atom is 0.302 e. The van der Waals surface area contributed by atoms with Gasteiger partial charge < -0.3 is 4.74 Å². The van der Waals surface area contributed by atoms with Gasteiger partial charge in [-0.2, -0.15) is 0 Å². The molecule has 0 heterocycles. The van der Waals surface area contributed by atoms with Crippen molar-refractivity contribution in [1.82, 2.24) is 0 Å². The number of rotatable bonds is 3. The van der Waals surface area contributed by atoms with Gasteiger partial charge in [0.2, 0.25) is 0 Å². The van der Waals surface area contributed by atoms with Crippen LogP contribution in [0.2, 0.25) is 0 Å². The van der Waals surface area contributed by atoms with Crippen LogP contribution < -0.4 is 0 Å². The molecule has 0 fully saturated rings. The van der Waals surface area contributed by atoms with E-state index < -0.39 is 0 Å². The molecule has 0 spiro atoms. The first kappa shape index (κ1) is 11.4. The van der Waals surface area contributed by atoms with Crippen LogP contribution in [0.25, 0.3) is 6.08 Å². The fourth-order valence-corrected chi connectivity index (χ4v) is 1.11. The second kappa shape index (κ2) is 5.29. The summed E-state index contributed by atoms with van der Waals surface area (Å²) in [5, 5.41) is 0.